The maximum absolute atomic E-state index is 11.1. The molecular weight excluding hydrogens is 224 g/mol. The van der Waals surface area contributed by atoms with Gasteiger partial charge in [-0.05, 0) is 36.6 Å². The fourth-order valence-corrected chi connectivity index (χ4v) is 2.08. The molecule has 0 aliphatic heterocycles. The van der Waals surface area contributed by atoms with Gasteiger partial charge in [-0.2, -0.15) is 0 Å². The predicted molar refractivity (Wildman–Crippen MR) is 63.3 cm³/mol. The van der Waals surface area contributed by atoms with Gasteiger partial charge in [0.25, 0.3) is 0 Å². The molecule has 0 radical (unpaired) electrons. The highest BCUT2D eigenvalue weighted by molar-refractivity contribution is 7.11. The number of furan rings is 1. The highest BCUT2D eigenvalue weighted by atomic mass is 32.1. The van der Waals surface area contributed by atoms with Crippen molar-refractivity contribution >= 4 is 29.0 Å². The topological polar surface area (TPSA) is 50.4 Å². The van der Waals surface area contributed by atoms with Crippen molar-refractivity contribution in [1.82, 2.24) is 0 Å². The summed E-state index contributed by atoms with van der Waals surface area (Å²) in [5.74, 6) is 0.377. The van der Waals surface area contributed by atoms with Crippen molar-refractivity contribution in [2.45, 2.75) is 6.92 Å². The number of hydrogen-bond donors (Lipinski definition) is 1. The van der Waals surface area contributed by atoms with E-state index in [-0.39, 0.29) is 5.57 Å². The Kier molecular flexibility index (Phi) is 2.92. The van der Waals surface area contributed by atoms with Gasteiger partial charge in [0.1, 0.15) is 11.5 Å². The second kappa shape index (κ2) is 4.37. The Morgan fingerprint density at radius 2 is 2.25 bits per heavy atom. The predicted octanol–water partition coefficient (Wildman–Crippen LogP) is 3.27. The molecular formula is C12H10O3S. The zero-order valence-electron chi connectivity index (χ0n) is 8.64. The first-order valence-corrected chi connectivity index (χ1v) is 5.60. The zero-order chi connectivity index (χ0) is 11.5. The molecule has 0 aromatic carbocycles. The molecule has 1 N–H and O–H groups in total. The van der Waals surface area contributed by atoms with Crippen LogP contribution in [0.15, 0.2) is 34.1 Å². The van der Waals surface area contributed by atoms with E-state index in [9.17, 15) is 4.79 Å². The number of carbonyl (C=O) groups is 1. The van der Waals surface area contributed by atoms with E-state index in [0.29, 0.717) is 5.76 Å². The van der Waals surface area contributed by atoms with Gasteiger partial charge in [0.15, 0.2) is 0 Å². The molecule has 0 fully saturated rings. The Balaban J connectivity index is 2.41. The van der Waals surface area contributed by atoms with Crippen LogP contribution in [0.3, 0.4) is 0 Å². The van der Waals surface area contributed by atoms with Gasteiger partial charge >= 0.3 is 5.97 Å². The number of hydrogen-bond acceptors (Lipinski definition) is 3. The molecule has 0 aliphatic carbocycles. The lowest BCUT2D eigenvalue weighted by atomic mass is 10.2. The molecule has 0 atom stereocenters. The number of thiophene rings is 1. The van der Waals surface area contributed by atoms with Gasteiger partial charge in [-0.3, -0.25) is 0 Å². The molecule has 0 unspecified atom stereocenters. The molecule has 16 heavy (non-hydrogen) atoms. The summed E-state index contributed by atoms with van der Waals surface area (Å²) in [6.45, 7) is 1.82. The van der Waals surface area contributed by atoms with Crippen LogP contribution in [0.1, 0.15) is 16.4 Å². The quantitative estimate of drug-likeness (QED) is 0.829. The van der Waals surface area contributed by atoms with E-state index in [2.05, 4.69) is 0 Å². The van der Waals surface area contributed by atoms with Gasteiger partial charge in [-0.1, -0.05) is 6.07 Å². The first-order chi connectivity index (χ1) is 7.66. The molecule has 0 bridgehead atoms. The van der Waals surface area contributed by atoms with Gasteiger partial charge in [-0.15, -0.1) is 11.3 Å². The van der Waals surface area contributed by atoms with Crippen molar-refractivity contribution in [2.24, 2.45) is 0 Å². The summed E-state index contributed by atoms with van der Waals surface area (Å²) >= 11 is 1.39. The van der Waals surface area contributed by atoms with Gasteiger partial charge in [-0.25, -0.2) is 4.79 Å². The Labute approximate surface area is 96.6 Å². The normalized spacial score (nSPS) is 11.7. The molecule has 0 amide bonds. The van der Waals surface area contributed by atoms with E-state index in [1.807, 2.05) is 18.4 Å². The van der Waals surface area contributed by atoms with Crippen molar-refractivity contribution in [3.05, 3.63) is 46.0 Å². The molecule has 3 nitrogen and oxygen atoms in total. The third-order valence-electron chi connectivity index (χ3n) is 2.06. The molecule has 0 spiro atoms. The SMILES string of the molecule is Cc1ccc(/C=C(/C(=O)O)c2cccs2)o1. The third-order valence-corrected chi connectivity index (χ3v) is 2.97. The molecule has 0 aliphatic rings. The Bertz CT molecular complexity index is 520. The summed E-state index contributed by atoms with van der Waals surface area (Å²) in [4.78, 5) is 11.8. The molecule has 2 aromatic rings. The van der Waals surface area contributed by atoms with Crippen molar-refractivity contribution in [2.75, 3.05) is 0 Å². The number of rotatable bonds is 3. The van der Waals surface area contributed by atoms with E-state index < -0.39 is 5.97 Å². The molecule has 82 valence electrons. The summed E-state index contributed by atoms with van der Waals surface area (Å²) in [5.41, 5.74) is 0.254. The third kappa shape index (κ3) is 2.23. The molecule has 4 heteroatoms. The number of aryl methyl sites for hydroxylation is 1. The molecule has 0 saturated heterocycles. The lowest BCUT2D eigenvalue weighted by Gasteiger charge is -1.97. The Morgan fingerprint density at radius 3 is 2.75 bits per heavy atom. The average molecular weight is 234 g/mol. The first kappa shape index (κ1) is 10.7. The Morgan fingerprint density at radius 1 is 1.44 bits per heavy atom. The second-order valence-corrected chi connectivity index (χ2v) is 4.24. The summed E-state index contributed by atoms with van der Waals surface area (Å²) in [5, 5.41) is 11.0. The van der Waals surface area contributed by atoms with Crippen LogP contribution in [0.5, 0.6) is 0 Å². The van der Waals surface area contributed by atoms with E-state index in [4.69, 9.17) is 9.52 Å². The fourth-order valence-electron chi connectivity index (χ4n) is 1.34. The van der Waals surface area contributed by atoms with Crippen LogP contribution in [-0.2, 0) is 4.79 Å². The minimum absolute atomic E-state index is 0.254. The zero-order valence-corrected chi connectivity index (χ0v) is 9.45. The maximum Gasteiger partial charge on any atom is 0.337 e. The van der Waals surface area contributed by atoms with Crippen molar-refractivity contribution in [3.8, 4) is 0 Å². The standard InChI is InChI=1S/C12H10O3S/c1-8-4-5-9(15-8)7-10(12(13)14)11-3-2-6-16-11/h2-7H,1H3,(H,13,14)/b10-7+. The average Bonchev–Trinajstić information content (AvgIpc) is 2.84. The van der Waals surface area contributed by atoms with Crippen molar-refractivity contribution in [3.63, 3.8) is 0 Å². The summed E-state index contributed by atoms with van der Waals surface area (Å²) in [7, 11) is 0. The monoisotopic (exact) mass is 234 g/mol. The van der Waals surface area contributed by atoms with Gasteiger partial charge in [0, 0.05) is 4.88 Å². The molecule has 0 saturated carbocycles. The van der Waals surface area contributed by atoms with E-state index >= 15 is 0 Å². The smallest absolute Gasteiger partial charge is 0.337 e. The van der Waals surface area contributed by atoms with Crippen LogP contribution in [-0.4, -0.2) is 11.1 Å². The van der Waals surface area contributed by atoms with E-state index in [0.717, 1.165) is 10.6 Å². The van der Waals surface area contributed by atoms with Gasteiger partial charge in [0.05, 0.1) is 5.57 Å². The molecule has 2 aromatic heterocycles. The van der Waals surface area contributed by atoms with Crippen molar-refractivity contribution in [1.29, 1.82) is 0 Å². The molecule has 2 rings (SSSR count). The van der Waals surface area contributed by atoms with Crippen LogP contribution >= 0.6 is 11.3 Å². The number of carboxylic acids is 1. The summed E-state index contributed by atoms with van der Waals surface area (Å²) in [6, 6.07) is 7.16. The second-order valence-electron chi connectivity index (χ2n) is 3.29. The summed E-state index contributed by atoms with van der Waals surface area (Å²) < 4.78 is 5.33. The first-order valence-electron chi connectivity index (χ1n) is 4.72. The molecule has 2 heterocycles. The highest BCUT2D eigenvalue weighted by Crippen LogP contribution is 2.23. The van der Waals surface area contributed by atoms with Gasteiger partial charge in [0.2, 0.25) is 0 Å². The van der Waals surface area contributed by atoms with Crippen LogP contribution in [0.25, 0.3) is 11.6 Å². The lowest BCUT2D eigenvalue weighted by Crippen LogP contribution is -1.97. The van der Waals surface area contributed by atoms with Gasteiger partial charge < -0.3 is 9.52 Å². The minimum atomic E-state index is -0.948. The van der Waals surface area contributed by atoms with Crippen molar-refractivity contribution < 1.29 is 14.3 Å². The van der Waals surface area contributed by atoms with Crippen LogP contribution in [0.4, 0.5) is 0 Å². The highest BCUT2D eigenvalue weighted by Gasteiger charge is 2.12. The summed E-state index contributed by atoms with van der Waals surface area (Å²) in [6.07, 6.45) is 1.54. The Hall–Kier alpha value is -1.81. The minimum Gasteiger partial charge on any atom is -0.478 e. The van der Waals surface area contributed by atoms with E-state index in [1.54, 1.807) is 24.3 Å². The largest absolute Gasteiger partial charge is 0.478 e. The van der Waals surface area contributed by atoms with Crippen LogP contribution in [0.2, 0.25) is 0 Å². The van der Waals surface area contributed by atoms with Crippen LogP contribution in [0, 0.1) is 6.92 Å². The number of carboxylic acid groups (broad SMARTS) is 1. The number of aliphatic carboxylic acids is 1. The van der Waals surface area contributed by atoms with Crippen LogP contribution < -0.4 is 0 Å². The lowest BCUT2D eigenvalue weighted by molar-refractivity contribution is -0.130. The fraction of sp³-hybridized carbons (Fsp3) is 0.0833. The van der Waals surface area contributed by atoms with E-state index in [1.165, 1.54) is 11.3 Å². The maximum atomic E-state index is 11.1.